The van der Waals surface area contributed by atoms with Crippen LogP contribution in [0.3, 0.4) is 0 Å². The lowest BCUT2D eigenvalue weighted by Gasteiger charge is -2.24. The average molecular weight is 324 g/mol. The fraction of sp³-hybridized carbons (Fsp3) is 0.462. The molecule has 4 nitrogen and oxygen atoms in total. The van der Waals surface area contributed by atoms with E-state index in [4.69, 9.17) is 17.3 Å². The van der Waals surface area contributed by atoms with Crippen LogP contribution in [-0.4, -0.2) is 36.6 Å². The first kappa shape index (κ1) is 17.6. The second kappa shape index (κ2) is 7.00. The lowest BCUT2D eigenvalue weighted by Crippen LogP contribution is -2.41. The molecule has 0 saturated carbocycles. The lowest BCUT2D eigenvalue weighted by atomic mass is 10.2. The predicted molar refractivity (Wildman–Crippen MR) is 77.3 cm³/mol. The highest BCUT2D eigenvalue weighted by Gasteiger charge is 2.29. The highest BCUT2D eigenvalue weighted by molar-refractivity contribution is 6.33. The molecular formula is C13H17ClF3N3O. The van der Waals surface area contributed by atoms with Gasteiger partial charge in [0.25, 0.3) is 0 Å². The molecule has 0 aliphatic heterocycles. The summed E-state index contributed by atoms with van der Waals surface area (Å²) in [7, 11) is 1.46. The maximum absolute atomic E-state index is 12.2. The number of halogens is 4. The summed E-state index contributed by atoms with van der Waals surface area (Å²) in [5.74, 6) is -0.415. The van der Waals surface area contributed by atoms with Crippen molar-refractivity contribution in [2.75, 3.05) is 24.6 Å². The minimum atomic E-state index is -4.24. The molecule has 1 unspecified atom stereocenters. The third kappa shape index (κ3) is 5.81. The van der Waals surface area contributed by atoms with E-state index in [9.17, 15) is 18.0 Å². The van der Waals surface area contributed by atoms with E-state index in [1.54, 1.807) is 6.07 Å². The van der Waals surface area contributed by atoms with E-state index in [-0.39, 0.29) is 6.54 Å². The molecule has 0 bridgehead atoms. The summed E-state index contributed by atoms with van der Waals surface area (Å²) in [6.07, 6.45) is -5.20. The highest BCUT2D eigenvalue weighted by Crippen LogP contribution is 2.23. The number of nitrogens with two attached hydrogens (primary N) is 1. The van der Waals surface area contributed by atoms with Crippen molar-refractivity contribution in [3.63, 3.8) is 0 Å². The highest BCUT2D eigenvalue weighted by atomic mass is 35.5. The van der Waals surface area contributed by atoms with Gasteiger partial charge in [-0.25, -0.2) is 0 Å². The molecule has 8 heteroatoms. The van der Waals surface area contributed by atoms with Gasteiger partial charge in [0.05, 0.1) is 23.2 Å². The van der Waals surface area contributed by atoms with E-state index < -0.39 is 24.5 Å². The number of nitrogens with one attached hydrogen (secondary N) is 1. The molecule has 0 aromatic heterocycles. The Morgan fingerprint density at radius 3 is 2.62 bits per heavy atom. The van der Waals surface area contributed by atoms with Crippen molar-refractivity contribution >= 4 is 28.9 Å². The number of carbonyl (C=O) groups is 1. The number of benzene rings is 1. The zero-order valence-corrected chi connectivity index (χ0v) is 12.4. The number of likely N-dealkylation sites (N-methyl/N-ethyl adjacent to an activating group) is 1. The van der Waals surface area contributed by atoms with Crippen molar-refractivity contribution in [3.05, 3.63) is 23.2 Å². The fourth-order valence-corrected chi connectivity index (χ4v) is 1.68. The van der Waals surface area contributed by atoms with Gasteiger partial charge in [-0.3, -0.25) is 9.69 Å². The molecule has 1 aromatic carbocycles. The second-order valence-corrected chi connectivity index (χ2v) is 5.15. The standard InChI is InChI=1S/C13H17ClF3N3O/c1-8(20(2)6-5-13(15,16)17)12(21)19-9-3-4-10(14)11(18)7-9/h3-4,7-8H,5-6,18H2,1-2H3,(H,19,21). The molecule has 0 fully saturated rings. The Bertz CT molecular complexity index is 508. The lowest BCUT2D eigenvalue weighted by molar-refractivity contribution is -0.140. The van der Waals surface area contributed by atoms with E-state index >= 15 is 0 Å². The summed E-state index contributed by atoms with van der Waals surface area (Å²) in [6, 6.07) is 3.89. The molecule has 0 heterocycles. The molecule has 0 saturated heterocycles. The first-order valence-corrected chi connectivity index (χ1v) is 6.61. The molecule has 0 aliphatic carbocycles. The summed E-state index contributed by atoms with van der Waals surface area (Å²) < 4.78 is 36.5. The molecule has 1 amide bonds. The summed E-state index contributed by atoms with van der Waals surface area (Å²) in [5.41, 5.74) is 6.36. The third-order valence-electron chi connectivity index (χ3n) is 3.05. The zero-order chi connectivity index (χ0) is 16.2. The maximum Gasteiger partial charge on any atom is 0.390 e. The SMILES string of the molecule is CC(C(=O)Nc1ccc(Cl)c(N)c1)N(C)CCC(F)(F)F. The number of amides is 1. The number of rotatable bonds is 5. The Morgan fingerprint density at radius 1 is 1.48 bits per heavy atom. The Kier molecular flexibility index (Phi) is 5.86. The molecule has 0 aliphatic rings. The monoisotopic (exact) mass is 323 g/mol. The number of hydrogen-bond donors (Lipinski definition) is 2. The van der Waals surface area contributed by atoms with Gasteiger partial charge in [-0.2, -0.15) is 13.2 Å². The van der Waals surface area contributed by atoms with Crippen LogP contribution in [0.1, 0.15) is 13.3 Å². The summed E-state index contributed by atoms with van der Waals surface area (Å²) >= 11 is 5.76. The zero-order valence-electron chi connectivity index (χ0n) is 11.7. The van der Waals surface area contributed by atoms with Crippen molar-refractivity contribution in [2.24, 2.45) is 0 Å². The topological polar surface area (TPSA) is 58.4 Å². The fourth-order valence-electron chi connectivity index (χ4n) is 1.57. The van der Waals surface area contributed by atoms with Gasteiger partial charge >= 0.3 is 6.18 Å². The van der Waals surface area contributed by atoms with Gasteiger partial charge in [0, 0.05) is 12.2 Å². The Balaban J connectivity index is 2.59. The van der Waals surface area contributed by atoms with Crippen LogP contribution in [0.15, 0.2) is 18.2 Å². The number of anilines is 2. The molecule has 1 rings (SSSR count). The van der Waals surface area contributed by atoms with Gasteiger partial charge in [0.2, 0.25) is 5.91 Å². The largest absolute Gasteiger partial charge is 0.397 e. The third-order valence-corrected chi connectivity index (χ3v) is 3.40. The van der Waals surface area contributed by atoms with Gasteiger partial charge in [-0.05, 0) is 32.2 Å². The molecule has 3 N–H and O–H groups in total. The van der Waals surface area contributed by atoms with Crippen LogP contribution >= 0.6 is 11.6 Å². The van der Waals surface area contributed by atoms with Gasteiger partial charge < -0.3 is 11.1 Å². The van der Waals surface area contributed by atoms with Crippen molar-refractivity contribution in [3.8, 4) is 0 Å². The van der Waals surface area contributed by atoms with Gasteiger partial charge in [0.15, 0.2) is 0 Å². The van der Waals surface area contributed by atoms with Crippen molar-refractivity contribution in [1.29, 1.82) is 0 Å². The van der Waals surface area contributed by atoms with E-state index in [0.717, 1.165) is 0 Å². The number of hydrogen-bond acceptors (Lipinski definition) is 3. The molecule has 0 radical (unpaired) electrons. The Labute approximate surface area is 126 Å². The van der Waals surface area contributed by atoms with Crippen molar-refractivity contribution < 1.29 is 18.0 Å². The van der Waals surface area contributed by atoms with Crippen LogP contribution in [0.25, 0.3) is 0 Å². The number of alkyl halides is 3. The quantitative estimate of drug-likeness (QED) is 0.818. The van der Waals surface area contributed by atoms with E-state index in [1.807, 2.05) is 0 Å². The van der Waals surface area contributed by atoms with Gasteiger partial charge in [-0.1, -0.05) is 11.6 Å². The number of nitrogen functional groups attached to an aromatic ring is 1. The van der Waals surface area contributed by atoms with E-state index in [1.165, 1.54) is 31.0 Å². The smallest absolute Gasteiger partial charge is 0.390 e. The van der Waals surface area contributed by atoms with Crippen LogP contribution < -0.4 is 11.1 Å². The molecule has 1 atom stereocenters. The molecule has 0 spiro atoms. The predicted octanol–water partition coefficient (Wildman–Crippen LogP) is 3.13. The van der Waals surface area contributed by atoms with Crippen molar-refractivity contribution in [2.45, 2.75) is 25.6 Å². The van der Waals surface area contributed by atoms with Crippen LogP contribution in [0.2, 0.25) is 5.02 Å². The summed E-state index contributed by atoms with van der Waals surface area (Å²) in [6.45, 7) is 1.28. The van der Waals surface area contributed by atoms with E-state index in [0.29, 0.717) is 16.4 Å². The first-order chi connectivity index (χ1) is 9.60. The van der Waals surface area contributed by atoms with Crippen LogP contribution in [0.4, 0.5) is 24.5 Å². The molecule has 21 heavy (non-hydrogen) atoms. The van der Waals surface area contributed by atoms with Gasteiger partial charge in [-0.15, -0.1) is 0 Å². The number of carbonyl (C=O) groups excluding carboxylic acids is 1. The Morgan fingerprint density at radius 2 is 2.10 bits per heavy atom. The van der Waals surface area contributed by atoms with Crippen LogP contribution in [0.5, 0.6) is 0 Å². The number of nitrogens with zero attached hydrogens (tertiary/aromatic N) is 1. The summed E-state index contributed by atoms with van der Waals surface area (Å²) in [5, 5.41) is 2.95. The maximum atomic E-state index is 12.2. The van der Waals surface area contributed by atoms with Crippen LogP contribution in [0, 0.1) is 0 Å². The molecular weight excluding hydrogens is 307 g/mol. The average Bonchev–Trinajstić information content (AvgIpc) is 2.38. The first-order valence-electron chi connectivity index (χ1n) is 6.23. The van der Waals surface area contributed by atoms with Crippen LogP contribution in [-0.2, 0) is 4.79 Å². The van der Waals surface area contributed by atoms with E-state index in [2.05, 4.69) is 5.32 Å². The minimum absolute atomic E-state index is 0.249. The van der Waals surface area contributed by atoms with Gasteiger partial charge in [0.1, 0.15) is 0 Å². The molecule has 1 aromatic rings. The molecule has 118 valence electrons. The summed E-state index contributed by atoms with van der Waals surface area (Å²) in [4.78, 5) is 13.3. The van der Waals surface area contributed by atoms with Crippen molar-refractivity contribution in [1.82, 2.24) is 4.90 Å². The normalized spacial score (nSPS) is 13.3. The second-order valence-electron chi connectivity index (χ2n) is 4.75. The minimum Gasteiger partial charge on any atom is -0.397 e. The Hall–Kier alpha value is -1.47.